The van der Waals surface area contributed by atoms with Crippen LogP contribution in [0.15, 0.2) is 53.2 Å². The molecule has 2 aromatic rings. The number of aryl methyl sites for hydroxylation is 2. The zero-order valence-electron chi connectivity index (χ0n) is 16.6. The molecule has 6 nitrogen and oxygen atoms in total. The van der Waals surface area contributed by atoms with E-state index in [9.17, 15) is 14.4 Å². The minimum Gasteiger partial charge on any atom is -0.459 e. The molecule has 29 heavy (non-hydrogen) atoms. The lowest BCUT2D eigenvalue weighted by Crippen LogP contribution is -2.33. The first kappa shape index (κ1) is 20.6. The van der Waals surface area contributed by atoms with E-state index in [1.54, 1.807) is 32.0 Å². The largest absolute Gasteiger partial charge is 0.459 e. The number of halogens is 1. The summed E-state index contributed by atoms with van der Waals surface area (Å²) in [7, 11) is 0. The lowest BCUT2D eigenvalue weighted by atomic mass is 10.1. The van der Waals surface area contributed by atoms with Gasteiger partial charge in [-0.05, 0) is 63.1 Å². The number of hydrogen-bond acceptors (Lipinski definition) is 5. The van der Waals surface area contributed by atoms with Crippen LogP contribution in [0.25, 0.3) is 0 Å². The summed E-state index contributed by atoms with van der Waals surface area (Å²) in [6, 6.07) is 11.8. The maximum Gasteiger partial charge on any atom is 0.340 e. The fraction of sp³-hybridized carbons (Fsp3) is 0.227. The number of amides is 2. The average Bonchev–Trinajstić information content (AvgIpc) is 2.87. The van der Waals surface area contributed by atoms with Crippen molar-refractivity contribution in [2.75, 3.05) is 10.2 Å². The summed E-state index contributed by atoms with van der Waals surface area (Å²) in [5, 5.41) is 2.70. The molecule has 0 bridgehead atoms. The van der Waals surface area contributed by atoms with Crippen LogP contribution in [0.5, 0.6) is 0 Å². The highest BCUT2D eigenvalue weighted by Crippen LogP contribution is 2.32. The van der Waals surface area contributed by atoms with Gasteiger partial charge in [0.15, 0.2) is 0 Å². The van der Waals surface area contributed by atoms with Crippen molar-refractivity contribution in [2.45, 2.75) is 33.8 Å². The normalized spacial score (nSPS) is 14.1. The fourth-order valence-electron chi connectivity index (χ4n) is 2.91. The summed E-state index contributed by atoms with van der Waals surface area (Å²) in [4.78, 5) is 39.1. The van der Waals surface area contributed by atoms with Gasteiger partial charge in [0, 0.05) is 5.69 Å². The summed E-state index contributed by atoms with van der Waals surface area (Å²) in [6.45, 7) is 7.36. The van der Waals surface area contributed by atoms with Gasteiger partial charge >= 0.3 is 5.97 Å². The lowest BCUT2D eigenvalue weighted by molar-refractivity contribution is -0.120. The van der Waals surface area contributed by atoms with E-state index in [1.165, 1.54) is 12.1 Å². The Morgan fingerprint density at radius 1 is 1.03 bits per heavy atom. The van der Waals surface area contributed by atoms with Gasteiger partial charge in [0.2, 0.25) is 0 Å². The van der Waals surface area contributed by atoms with Crippen LogP contribution in [0.3, 0.4) is 0 Å². The molecule has 3 rings (SSSR count). The number of anilines is 2. The zero-order valence-corrected chi connectivity index (χ0v) is 17.3. The summed E-state index contributed by atoms with van der Waals surface area (Å²) in [6.07, 6.45) is -0.343. The Balaban J connectivity index is 1.95. The van der Waals surface area contributed by atoms with Crippen molar-refractivity contribution in [2.24, 2.45) is 0 Å². The van der Waals surface area contributed by atoms with Gasteiger partial charge in [-0.2, -0.15) is 0 Å². The molecule has 7 heteroatoms. The van der Waals surface area contributed by atoms with Crippen molar-refractivity contribution in [1.29, 1.82) is 0 Å². The van der Waals surface area contributed by atoms with Gasteiger partial charge < -0.3 is 10.1 Å². The van der Waals surface area contributed by atoms with Gasteiger partial charge in [-0.15, -0.1) is 0 Å². The highest BCUT2D eigenvalue weighted by molar-refractivity contribution is 6.53. The monoisotopic (exact) mass is 412 g/mol. The standard InChI is InChI=1S/C22H21ClN2O4/c1-12(2)29-22(28)16-7-5-6-8-17(16)25-20(26)18(23)19(21(25)27)24-15-10-9-13(3)14(4)11-15/h5-12,24H,1-4H3. The number of benzene rings is 2. The van der Waals surface area contributed by atoms with Crippen molar-refractivity contribution in [3.8, 4) is 0 Å². The molecule has 0 atom stereocenters. The van der Waals surface area contributed by atoms with Crippen LogP contribution in [0.4, 0.5) is 11.4 Å². The quantitative estimate of drug-likeness (QED) is 0.585. The minimum atomic E-state index is -0.701. The minimum absolute atomic E-state index is 0.0352. The van der Waals surface area contributed by atoms with Crippen LogP contribution in [-0.4, -0.2) is 23.9 Å². The summed E-state index contributed by atoms with van der Waals surface area (Å²) < 4.78 is 5.23. The number of nitrogens with zero attached hydrogens (tertiary/aromatic N) is 1. The molecule has 2 aromatic carbocycles. The van der Waals surface area contributed by atoms with E-state index in [1.807, 2.05) is 26.0 Å². The Kier molecular flexibility index (Phi) is 5.75. The van der Waals surface area contributed by atoms with Crippen molar-refractivity contribution in [1.82, 2.24) is 0 Å². The number of esters is 1. The molecule has 0 spiro atoms. The number of carbonyl (C=O) groups excluding carboxylic acids is 3. The molecule has 0 fully saturated rings. The first-order valence-electron chi connectivity index (χ1n) is 9.13. The molecule has 1 aliphatic rings. The Hall–Kier alpha value is -3.12. The van der Waals surface area contributed by atoms with Crippen LogP contribution in [-0.2, 0) is 14.3 Å². The van der Waals surface area contributed by atoms with Gasteiger partial charge in [0.05, 0.1) is 17.4 Å². The third kappa shape index (κ3) is 4.03. The third-order valence-electron chi connectivity index (χ3n) is 4.51. The van der Waals surface area contributed by atoms with Gasteiger partial charge in [-0.1, -0.05) is 29.8 Å². The topological polar surface area (TPSA) is 75.7 Å². The molecular weight excluding hydrogens is 392 g/mol. The first-order chi connectivity index (χ1) is 13.7. The summed E-state index contributed by atoms with van der Waals surface area (Å²) in [5.74, 6) is -1.96. The third-order valence-corrected chi connectivity index (χ3v) is 4.86. The Labute approximate surface area is 174 Å². The molecule has 150 valence electrons. The second kappa shape index (κ2) is 8.09. The molecule has 2 amide bonds. The second-order valence-corrected chi connectivity index (χ2v) is 7.41. The number of para-hydroxylation sites is 1. The molecule has 0 saturated heterocycles. The Morgan fingerprint density at radius 3 is 2.38 bits per heavy atom. The van der Waals surface area contributed by atoms with Gasteiger partial charge in [-0.25, -0.2) is 9.69 Å². The smallest absolute Gasteiger partial charge is 0.340 e. The van der Waals surface area contributed by atoms with Crippen LogP contribution in [0.1, 0.15) is 35.3 Å². The predicted molar refractivity (Wildman–Crippen MR) is 112 cm³/mol. The maximum absolute atomic E-state index is 13.0. The SMILES string of the molecule is Cc1ccc(NC2=C(Cl)C(=O)N(c3ccccc3C(=O)OC(C)C)C2=O)cc1C. The number of hydrogen-bond donors (Lipinski definition) is 1. The van der Waals surface area contributed by atoms with E-state index in [-0.39, 0.29) is 28.1 Å². The van der Waals surface area contributed by atoms with E-state index >= 15 is 0 Å². The molecule has 0 radical (unpaired) electrons. The average molecular weight is 413 g/mol. The fourth-order valence-corrected chi connectivity index (χ4v) is 3.13. The molecule has 0 aliphatic carbocycles. The van der Waals surface area contributed by atoms with Crippen LogP contribution >= 0.6 is 11.6 Å². The highest BCUT2D eigenvalue weighted by atomic mass is 35.5. The maximum atomic E-state index is 13.0. The van der Waals surface area contributed by atoms with Crippen molar-refractivity contribution < 1.29 is 19.1 Å². The number of imide groups is 1. The molecule has 1 aliphatic heterocycles. The Bertz CT molecular complexity index is 1040. The molecule has 0 unspecified atom stereocenters. The van der Waals surface area contributed by atoms with Crippen molar-refractivity contribution in [3.63, 3.8) is 0 Å². The van der Waals surface area contributed by atoms with Crippen molar-refractivity contribution >= 4 is 40.8 Å². The van der Waals surface area contributed by atoms with Gasteiger partial charge in [-0.3, -0.25) is 9.59 Å². The van der Waals surface area contributed by atoms with E-state index in [0.717, 1.165) is 16.0 Å². The number of nitrogens with one attached hydrogen (secondary N) is 1. The summed E-state index contributed by atoms with van der Waals surface area (Å²) in [5.41, 5.74) is 2.97. The summed E-state index contributed by atoms with van der Waals surface area (Å²) >= 11 is 6.19. The van der Waals surface area contributed by atoms with E-state index in [4.69, 9.17) is 16.3 Å². The van der Waals surface area contributed by atoms with Crippen molar-refractivity contribution in [3.05, 3.63) is 69.9 Å². The van der Waals surface area contributed by atoms with Gasteiger partial charge in [0.1, 0.15) is 10.7 Å². The number of rotatable bonds is 5. The molecule has 1 N–H and O–H groups in total. The van der Waals surface area contributed by atoms with E-state index < -0.39 is 17.8 Å². The van der Waals surface area contributed by atoms with Crippen LogP contribution in [0, 0.1) is 13.8 Å². The molecule has 0 aromatic heterocycles. The highest BCUT2D eigenvalue weighted by Gasteiger charge is 2.40. The van der Waals surface area contributed by atoms with E-state index in [0.29, 0.717) is 5.69 Å². The van der Waals surface area contributed by atoms with Gasteiger partial charge in [0.25, 0.3) is 11.8 Å². The molecule has 0 saturated carbocycles. The Morgan fingerprint density at radius 2 is 1.72 bits per heavy atom. The predicted octanol–water partition coefficient (Wildman–Crippen LogP) is 4.30. The molecule has 1 heterocycles. The number of carbonyl (C=O) groups is 3. The van der Waals surface area contributed by atoms with E-state index in [2.05, 4.69) is 5.32 Å². The number of ether oxygens (including phenoxy) is 1. The first-order valence-corrected chi connectivity index (χ1v) is 9.51. The van der Waals surface area contributed by atoms with Crippen LogP contribution in [0.2, 0.25) is 0 Å². The zero-order chi connectivity index (χ0) is 21.3. The molecular formula is C22H21ClN2O4. The lowest BCUT2D eigenvalue weighted by Gasteiger charge is -2.19. The van der Waals surface area contributed by atoms with Crippen LogP contribution < -0.4 is 10.2 Å². The second-order valence-electron chi connectivity index (χ2n) is 7.03.